The maximum absolute atomic E-state index is 13.7. The third-order valence-electron chi connectivity index (χ3n) is 12.8. The minimum atomic E-state index is -1.76. The second kappa shape index (κ2) is 10.2. The van der Waals surface area contributed by atoms with E-state index in [0.717, 1.165) is 19.4 Å². The van der Waals surface area contributed by atoms with Gasteiger partial charge in [0.05, 0.1) is 24.4 Å². The van der Waals surface area contributed by atoms with Gasteiger partial charge in [0, 0.05) is 76.5 Å². The quantitative estimate of drug-likeness (QED) is 0.410. The van der Waals surface area contributed by atoms with E-state index in [9.17, 15) is 19.8 Å². The smallest absolute Gasteiger partial charge is 0.338 e. The van der Waals surface area contributed by atoms with Crippen LogP contribution in [0.2, 0.25) is 0 Å². The first-order valence-corrected chi connectivity index (χ1v) is 15.7. The summed E-state index contributed by atoms with van der Waals surface area (Å²) in [6.07, 6.45) is -2.66. The summed E-state index contributed by atoms with van der Waals surface area (Å²) in [7, 11) is 8.63. The summed E-state index contributed by atoms with van der Waals surface area (Å²) in [6.45, 7) is 2.56. The number of aliphatic hydroxyl groups excluding tert-OH is 1. The fourth-order valence-electron chi connectivity index (χ4n) is 12.3. The summed E-state index contributed by atoms with van der Waals surface area (Å²) in [5.41, 5.74) is -3.93. The maximum atomic E-state index is 13.7. The first-order valence-electron chi connectivity index (χ1n) is 15.7. The van der Waals surface area contributed by atoms with Gasteiger partial charge in [-0.1, -0.05) is 18.2 Å². The van der Waals surface area contributed by atoms with Crippen molar-refractivity contribution in [1.29, 1.82) is 0 Å². The lowest BCUT2D eigenvalue weighted by atomic mass is 9.43. The van der Waals surface area contributed by atoms with Crippen molar-refractivity contribution in [2.24, 2.45) is 34.5 Å². The average Bonchev–Trinajstić information content (AvgIpc) is 3.39. The fraction of sp³-hybridized carbons (Fsp3) is 0.758. The van der Waals surface area contributed by atoms with Gasteiger partial charge in [-0.05, 0) is 44.4 Å². The van der Waals surface area contributed by atoms with Gasteiger partial charge < -0.3 is 43.5 Å². The Balaban J connectivity index is 1.51. The molecule has 242 valence electrons. The Morgan fingerprint density at radius 2 is 1.75 bits per heavy atom. The van der Waals surface area contributed by atoms with Gasteiger partial charge in [-0.2, -0.15) is 0 Å². The van der Waals surface area contributed by atoms with Crippen molar-refractivity contribution in [3.8, 4) is 0 Å². The molecule has 2 N–H and O–H groups in total. The number of piperidine rings is 1. The Bertz CT molecular complexity index is 1310. The first kappa shape index (κ1) is 30.5. The number of ether oxygens (including phenoxy) is 6. The average molecular weight is 616 g/mol. The van der Waals surface area contributed by atoms with E-state index in [1.165, 1.54) is 14.0 Å². The van der Waals surface area contributed by atoms with Crippen LogP contribution in [0.4, 0.5) is 0 Å². The van der Waals surface area contributed by atoms with Gasteiger partial charge in [0.15, 0.2) is 5.60 Å². The summed E-state index contributed by atoms with van der Waals surface area (Å²) in [4.78, 5) is 29.2. The standard InChI is InChI=1S/C33H45NO10/c1-17(35)44-33-21-19(14-31(38,28(42-6)26(33)36)27(21)43-29(37)18-10-8-7-9-11-18)32-20(40-4)12-13-30(16-39-3)15-34(2)25(32)22(33)23(41-5)24(30)32/h7-11,19-28,36,38H,12-16H2,1-6H3/t19-,20+,21-,22+,23+,24-,25+,26+,27-,28+,30+,31-,32+,33-/m0/s1. The molecule has 6 fully saturated rings. The van der Waals surface area contributed by atoms with Gasteiger partial charge in [0.1, 0.15) is 23.9 Å². The number of aliphatic hydroxyl groups is 2. The number of carbonyl (C=O) groups excluding carboxylic acids is 2. The van der Waals surface area contributed by atoms with E-state index in [2.05, 4.69) is 11.9 Å². The molecule has 11 heteroatoms. The molecular weight excluding hydrogens is 570 g/mol. The van der Waals surface area contributed by atoms with E-state index in [1.807, 2.05) is 6.07 Å². The number of carbonyl (C=O) groups is 2. The molecule has 14 atom stereocenters. The molecule has 5 saturated carbocycles. The molecule has 7 bridgehead atoms. The molecule has 0 radical (unpaired) electrons. The highest BCUT2D eigenvalue weighted by atomic mass is 16.6. The number of hydrogen-bond acceptors (Lipinski definition) is 11. The maximum Gasteiger partial charge on any atom is 0.338 e. The van der Waals surface area contributed by atoms with Crippen LogP contribution in [0.1, 0.15) is 36.5 Å². The number of fused-ring (bicyclic) bond motifs is 2. The summed E-state index contributed by atoms with van der Waals surface area (Å²) in [5.74, 6) is -2.96. The summed E-state index contributed by atoms with van der Waals surface area (Å²) >= 11 is 0. The van der Waals surface area contributed by atoms with Crippen LogP contribution in [0.25, 0.3) is 0 Å². The SMILES string of the molecule is COC[C@]12CC[C@@H](OC)[C@]34[C@H]5C[C@@]6(O)[C@H](OC)[C@@H](O)[C@](OC(C)=O)([C@@H]5[C@@H]6OC(=O)c5ccccc5)[C@H]([C@@H](OC)[C@@H]13)[C@H]4N(C)C2. The van der Waals surface area contributed by atoms with Gasteiger partial charge >= 0.3 is 11.9 Å². The molecule has 6 aliphatic rings. The van der Waals surface area contributed by atoms with Crippen molar-refractivity contribution >= 4 is 11.9 Å². The van der Waals surface area contributed by atoms with Crippen molar-refractivity contribution in [2.75, 3.05) is 48.6 Å². The van der Waals surface area contributed by atoms with Gasteiger partial charge in [-0.25, -0.2) is 4.79 Å². The number of esters is 2. The van der Waals surface area contributed by atoms with E-state index < -0.39 is 64.8 Å². The Labute approximate surface area is 258 Å². The number of rotatable bonds is 8. The van der Waals surface area contributed by atoms with Gasteiger partial charge in [0.2, 0.25) is 0 Å². The number of likely N-dealkylation sites (tertiary alicyclic amines) is 1. The van der Waals surface area contributed by atoms with Gasteiger partial charge in [-0.3, -0.25) is 4.79 Å². The Hall–Kier alpha value is -2.12. The number of hydrogen-bond donors (Lipinski definition) is 2. The summed E-state index contributed by atoms with van der Waals surface area (Å²) < 4.78 is 37.5. The predicted octanol–water partition coefficient (Wildman–Crippen LogP) is 1.29. The van der Waals surface area contributed by atoms with Crippen LogP contribution in [-0.4, -0.2) is 123 Å². The Morgan fingerprint density at radius 1 is 1.02 bits per heavy atom. The molecule has 7 rings (SSSR count). The van der Waals surface area contributed by atoms with Crippen LogP contribution in [0, 0.1) is 34.5 Å². The normalized spacial score (nSPS) is 49.9. The zero-order chi connectivity index (χ0) is 31.4. The van der Waals surface area contributed by atoms with Crippen LogP contribution >= 0.6 is 0 Å². The van der Waals surface area contributed by atoms with E-state index in [0.29, 0.717) is 12.2 Å². The minimum Gasteiger partial charge on any atom is -0.455 e. The number of methoxy groups -OCH3 is 4. The second-order valence-electron chi connectivity index (χ2n) is 14.2. The van der Waals surface area contributed by atoms with Crippen LogP contribution in [0.3, 0.4) is 0 Å². The molecule has 0 unspecified atom stereocenters. The lowest BCUT2D eigenvalue weighted by molar-refractivity contribution is -0.316. The Kier molecular flexibility index (Phi) is 7.07. The molecule has 5 aliphatic carbocycles. The van der Waals surface area contributed by atoms with E-state index in [1.54, 1.807) is 45.6 Å². The highest BCUT2D eigenvalue weighted by molar-refractivity contribution is 5.89. The number of nitrogens with zero attached hydrogens (tertiary/aromatic N) is 1. The molecule has 11 nitrogen and oxygen atoms in total. The molecule has 1 aliphatic heterocycles. The third kappa shape index (κ3) is 3.41. The molecule has 0 amide bonds. The summed E-state index contributed by atoms with van der Waals surface area (Å²) in [5, 5.41) is 25.1. The number of benzene rings is 1. The van der Waals surface area contributed by atoms with Crippen molar-refractivity contribution < 1.29 is 48.2 Å². The highest BCUT2D eigenvalue weighted by Gasteiger charge is 2.91. The lowest BCUT2D eigenvalue weighted by Crippen LogP contribution is -2.80. The van der Waals surface area contributed by atoms with Crippen molar-refractivity contribution in [2.45, 2.75) is 73.9 Å². The van der Waals surface area contributed by atoms with Crippen molar-refractivity contribution in [3.63, 3.8) is 0 Å². The zero-order valence-electron chi connectivity index (χ0n) is 26.3. The van der Waals surface area contributed by atoms with E-state index >= 15 is 0 Å². The molecular formula is C33H45NO10. The summed E-state index contributed by atoms with van der Waals surface area (Å²) in [6, 6.07) is 8.39. The zero-order valence-corrected chi connectivity index (χ0v) is 26.3. The van der Waals surface area contributed by atoms with Gasteiger partial charge in [-0.15, -0.1) is 0 Å². The molecule has 0 aromatic heterocycles. The molecule has 44 heavy (non-hydrogen) atoms. The van der Waals surface area contributed by atoms with E-state index in [-0.39, 0.29) is 35.8 Å². The van der Waals surface area contributed by atoms with Crippen LogP contribution in [0.15, 0.2) is 30.3 Å². The molecule has 1 spiro atoms. The van der Waals surface area contributed by atoms with Crippen LogP contribution in [0.5, 0.6) is 0 Å². The van der Waals surface area contributed by atoms with Crippen LogP contribution in [-0.2, 0) is 33.2 Å². The second-order valence-corrected chi connectivity index (χ2v) is 14.2. The fourth-order valence-corrected chi connectivity index (χ4v) is 12.3. The molecule has 1 saturated heterocycles. The largest absolute Gasteiger partial charge is 0.455 e. The highest BCUT2D eigenvalue weighted by Crippen LogP contribution is 2.80. The first-order chi connectivity index (χ1) is 21.0. The Morgan fingerprint density at radius 3 is 2.36 bits per heavy atom. The molecule has 1 aromatic rings. The van der Waals surface area contributed by atoms with Gasteiger partial charge in [0.25, 0.3) is 0 Å². The van der Waals surface area contributed by atoms with Crippen LogP contribution < -0.4 is 0 Å². The molecule has 1 heterocycles. The predicted molar refractivity (Wildman–Crippen MR) is 154 cm³/mol. The third-order valence-corrected chi connectivity index (χ3v) is 12.8. The van der Waals surface area contributed by atoms with Crippen molar-refractivity contribution in [3.05, 3.63) is 35.9 Å². The van der Waals surface area contributed by atoms with E-state index in [4.69, 9.17) is 28.4 Å². The lowest BCUT2D eigenvalue weighted by Gasteiger charge is -2.69. The molecule has 1 aromatic carbocycles. The van der Waals surface area contributed by atoms with Crippen molar-refractivity contribution in [1.82, 2.24) is 4.90 Å². The topological polar surface area (TPSA) is 133 Å². The monoisotopic (exact) mass is 615 g/mol. The minimum absolute atomic E-state index is 0.103.